The monoisotopic (exact) mass is 535 g/mol. The molecular formula is C23H27FIN5O. The quantitative estimate of drug-likeness (QED) is 0.179. The molecule has 0 saturated carbocycles. The molecule has 1 heterocycles. The maximum Gasteiger partial charge on any atom is 0.151 e. The first-order chi connectivity index (χ1) is 14.8. The third-order valence-electron chi connectivity index (χ3n) is 5.21. The number of hydrogen-bond donors (Lipinski definition) is 4. The topological polar surface area (TPSA) is 99.3 Å². The fourth-order valence-corrected chi connectivity index (χ4v) is 4.03. The van der Waals surface area contributed by atoms with Gasteiger partial charge in [-0.1, -0.05) is 26.0 Å². The number of aliphatic hydroxyl groups is 1. The zero-order valence-electron chi connectivity index (χ0n) is 17.8. The van der Waals surface area contributed by atoms with Crippen LogP contribution >= 0.6 is 22.6 Å². The number of amidine groups is 1. The van der Waals surface area contributed by atoms with E-state index in [1.165, 1.54) is 6.07 Å². The molecule has 8 heteroatoms. The average molecular weight is 535 g/mol. The van der Waals surface area contributed by atoms with Crippen LogP contribution in [0.4, 0.5) is 15.8 Å². The van der Waals surface area contributed by atoms with Crippen molar-refractivity contribution in [3.8, 4) is 0 Å². The van der Waals surface area contributed by atoms with Gasteiger partial charge in [0.25, 0.3) is 0 Å². The Bertz CT molecular complexity index is 1120. The van der Waals surface area contributed by atoms with E-state index >= 15 is 0 Å². The van der Waals surface area contributed by atoms with E-state index in [4.69, 9.17) is 5.73 Å². The molecule has 0 aliphatic rings. The second-order valence-corrected chi connectivity index (χ2v) is 8.68. The lowest BCUT2D eigenvalue weighted by Crippen LogP contribution is -2.25. The number of fused-ring (bicyclic) bond motifs is 1. The van der Waals surface area contributed by atoms with Crippen LogP contribution in [-0.2, 0) is 0 Å². The highest BCUT2D eigenvalue weighted by Crippen LogP contribution is 2.28. The van der Waals surface area contributed by atoms with E-state index in [9.17, 15) is 9.50 Å². The number of nitrogens with zero attached hydrogens (tertiary/aromatic N) is 2. The fourth-order valence-electron chi connectivity index (χ4n) is 3.22. The molecule has 3 aromatic rings. The van der Waals surface area contributed by atoms with Crippen molar-refractivity contribution >= 4 is 62.9 Å². The summed E-state index contributed by atoms with van der Waals surface area (Å²) in [5.41, 5.74) is 9.62. The summed E-state index contributed by atoms with van der Waals surface area (Å²) in [5, 5.41) is 20.9. The Balaban J connectivity index is 1.90. The SMILES string of the molecule is CC[C@H](O)C[C@H](C)C(N)=Nc1cc2c(/C=C/c3ccc(NC)c(I)c3)n[nH]c2cc1F. The number of aliphatic hydroxyl groups excluding tert-OH is 1. The van der Waals surface area contributed by atoms with Crippen molar-refractivity contribution in [1.29, 1.82) is 0 Å². The van der Waals surface area contributed by atoms with E-state index < -0.39 is 11.9 Å². The molecule has 0 unspecified atom stereocenters. The summed E-state index contributed by atoms with van der Waals surface area (Å²) in [4.78, 5) is 4.30. The largest absolute Gasteiger partial charge is 0.393 e. The van der Waals surface area contributed by atoms with Crippen molar-refractivity contribution in [2.24, 2.45) is 16.6 Å². The molecule has 2 atom stereocenters. The summed E-state index contributed by atoms with van der Waals surface area (Å²) in [5.74, 6) is -0.336. The molecule has 0 saturated heterocycles. The van der Waals surface area contributed by atoms with Crippen molar-refractivity contribution in [2.45, 2.75) is 32.8 Å². The van der Waals surface area contributed by atoms with Crippen LogP contribution in [0.1, 0.15) is 37.9 Å². The molecule has 6 nitrogen and oxygen atoms in total. The maximum absolute atomic E-state index is 14.6. The Morgan fingerprint density at radius 1 is 1.35 bits per heavy atom. The summed E-state index contributed by atoms with van der Waals surface area (Å²) < 4.78 is 15.7. The molecule has 1 aromatic heterocycles. The van der Waals surface area contributed by atoms with E-state index in [0.717, 1.165) is 20.2 Å². The summed E-state index contributed by atoms with van der Waals surface area (Å²) in [6, 6.07) is 9.13. The molecule has 0 fully saturated rings. The second kappa shape index (κ2) is 10.2. The van der Waals surface area contributed by atoms with Gasteiger partial charge in [-0.2, -0.15) is 5.10 Å². The molecule has 0 aliphatic heterocycles. The Morgan fingerprint density at radius 3 is 2.81 bits per heavy atom. The first-order valence-electron chi connectivity index (χ1n) is 10.2. The summed E-state index contributed by atoms with van der Waals surface area (Å²) in [6.07, 6.45) is 4.52. The number of aromatic amines is 1. The van der Waals surface area contributed by atoms with Crippen LogP contribution in [0.5, 0.6) is 0 Å². The van der Waals surface area contributed by atoms with Crippen molar-refractivity contribution in [2.75, 3.05) is 12.4 Å². The fraction of sp³-hybridized carbons (Fsp3) is 0.304. The van der Waals surface area contributed by atoms with Gasteiger partial charge in [0.1, 0.15) is 11.5 Å². The summed E-state index contributed by atoms with van der Waals surface area (Å²) >= 11 is 2.28. The third kappa shape index (κ3) is 5.62. The van der Waals surface area contributed by atoms with E-state index in [-0.39, 0.29) is 11.6 Å². The molecular weight excluding hydrogens is 508 g/mol. The normalized spacial score (nSPS) is 14.3. The highest BCUT2D eigenvalue weighted by Gasteiger charge is 2.14. The number of hydrogen-bond acceptors (Lipinski definition) is 4. The second-order valence-electron chi connectivity index (χ2n) is 7.52. The van der Waals surface area contributed by atoms with Crippen LogP contribution in [0.15, 0.2) is 35.3 Å². The number of aromatic nitrogens is 2. The van der Waals surface area contributed by atoms with Gasteiger partial charge < -0.3 is 16.2 Å². The van der Waals surface area contributed by atoms with Crippen LogP contribution in [0.25, 0.3) is 23.1 Å². The summed E-state index contributed by atoms with van der Waals surface area (Å²) in [7, 11) is 1.89. The van der Waals surface area contributed by atoms with Gasteiger partial charge in [0.15, 0.2) is 5.82 Å². The number of nitrogens with one attached hydrogen (secondary N) is 2. The minimum atomic E-state index is -0.477. The first kappa shape index (κ1) is 23.2. The molecule has 0 spiro atoms. The minimum Gasteiger partial charge on any atom is -0.393 e. The zero-order chi connectivity index (χ0) is 22.5. The zero-order valence-corrected chi connectivity index (χ0v) is 19.9. The smallest absolute Gasteiger partial charge is 0.151 e. The van der Waals surface area contributed by atoms with Gasteiger partial charge in [-0.25, -0.2) is 9.38 Å². The number of aliphatic imine (C=N–C) groups is 1. The Morgan fingerprint density at radius 2 is 2.13 bits per heavy atom. The van der Waals surface area contributed by atoms with Gasteiger partial charge in [0, 0.05) is 33.7 Å². The number of benzene rings is 2. The van der Waals surface area contributed by atoms with Crippen molar-refractivity contribution in [3.63, 3.8) is 0 Å². The Labute approximate surface area is 195 Å². The van der Waals surface area contributed by atoms with Crippen LogP contribution < -0.4 is 11.1 Å². The summed E-state index contributed by atoms with van der Waals surface area (Å²) in [6.45, 7) is 3.78. The van der Waals surface area contributed by atoms with E-state index in [2.05, 4.69) is 49.2 Å². The standard InChI is InChI=1S/C23H27FIN5O/c1-4-15(31)9-13(2)23(26)28-22-11-16-19(29-30-21(16)12-17(22)24)7-5-14-6-8-20(27-3)18(25)10-14/h5-8,10-13,15,27,31H,4,9H2,1-3H3,(H2,26,28)(H,29,30)/b7-5+/t13-,15-/m0/s1. The highest BCUT2D eigenvalue weighted by molar-refractivity contribution is 14.1. The van der Waals surface area contributed by atoms with Crippen LogP contribution in [-0.4, -0.2) is 34.3 Å². The van der Waals surface area contributed by atoms with Gasteiger partial charge in [0.05, 0.1) is 17.3 Å². The lowest BCUT2D eigenvalue weighted by molar-refractivity contribution is 0.151. The molecule has 0 aliphatic carbocycles. The molecule has 31 heavy (non-hydrogen) atoms. The van der Waals surface area contributed by atoms with Crippen molar-refractivity contribution < 1.29 is 9.50 Å². The van der Waals surface area contributed by atoms with Gasteiger partial charge in [-0.15, -0.1) is 0 Å². The van der Waals surface area contributed by atoms with E-state index in [1.807, 2.05) is 45.2 Å². The molecule has 3 rings (SSSR count). The molecule has 0 amide bonds. The first-order valence-corrected chi connectivity index (χ1v) is 11.2. The van der Waals surface area contributed by atoms with E-state index in [0.29, 0.717) is 29.9 Å². The van der Waals surface area contributed by atoms with Crippen LogP contribution in [0.3, 0.4) is 0 Å². The lowest BCUT2D eigenvalue weighted by Gasteiger charge is -2.14. The van der Waals surface area contributed by atoms with Gasteiger partial charge >= 0.3 is 0 Å². The van der Waals surface area contributed by atoms with Crippen LogP contribution in [0.2, 0.25) is 0 Å². The number of H-pyrrole nitrogens is 1. The van der Waals surface area contributed by atoms with Crippen LogP contribution in [0, 0.1) is 15.3 Å². The van der Waals surface area contributed by atoms with Crippen molar-refractivity contribution in [3.05, 3.63) is 51.0 Å². The average Bonchev–Trinajstić information content (AvgIpc) is 3.13. The number of nitrogens with two attached hydrogens (primary N) is 1. The lowest BCUT2D eigenvalue weighted by atomic mass is 10.0. The number of rotatable bonds is 8. The predicted molar refractivity (Wildman–Crippen MR) is 135 cm³/mol. The Kier molecular flexibility index (Phi) is 7.66. The molecule has 0 bridgehead atoms. The maximum atomic E-state index is 14.6. The van der Waals surface area contributed by atoms with Gasteiger partial charge in [-0.3, -0.25) is 5.10 Å². The number of anilines is 1. The van der Waals surface area contributed by atoms with Crippen molar-refractivity contribution in [1.82, 2.24) is 10.2 Å². The molecule has 2 aromatic carbocycles. The highest BCUT2D eigenvalue weighted by atomic mass is 127. The predicted octanol–water partition coefficient (Wildman–Crippen LogP) is 5.30. The molecule has 164 valence electrons. The third-order valence-corrected chi connectivity index (χ3v) is 6.10. The van der Waals surface area contributed by atoms with Gasteiger partial charge in [0.2, 0.25) is 0 Å². The molecule has 0 radical (unpaired) electrons. The Hall–Kier alpha value is -2.46. The van der Waals surface area contributed by atoms with Gasteiger partial charge in [-0.05, 0) is 65.3 Å². The minimum absolute atomic E-state index is 0.156. The number of halogens is 2. The molecule has 5 N–H and O–H groups in total. The van der Waals surface area contributed by atoms with E-state index in [1.54, 1.807) is 6.07 Å².